The molecule has 0 aromatic heterocycles. The van der Waals surface area contributed by atoms with Gasteiger partial charge < -0.3 is 10.1 Å². The van der Waals surface area contributed by atoms with E-state index in [2.05, 4.69) is 61.6 Å². The highest BCUT2D eigenvalue weighted by Gasteiger charge is 2.40. The van der Waals surface area contributed by atoms with E-state index in [9.17, 15) is 0 Å². The molecule has 0 aliphatic carbocycles. The van der Waals surface area contributed by atoms with Gasteiger partial charge in [-0.2, -0.15) is 0 Å². The minimum atomic E-state index is 0.230. The van der Waals surface area contributed by atoms with Crippen LogP contribution in [0.15, 0.2) is 42.5 Å². The first-order valence-corrected chi connectivity index (χ1v) is 8.28. The Morgan fingerprint density at radius 3 is 2.73 bits per heavy atom. The third-order valence-corrected chi connectivity index (χ3v) is 5.07. The van der Waals surface area contributed by atoms with Crippen LogP contribution in [0.4, 0.5) is 5.69 Å². The number of anilines is 1. The lowest BCUT2D eigenvalue weighted by Crippen LogP contribution is -2.36. The molecule has 0 spiro atoms. The first-order chi connectivity index (χ1) is 10.7. The topological polar surface area (TPSA) is 21.3 Å². The third kappa shape index (κ3) is 2.22. The molecule has 2 heteroatoms. The van der Waals surface area contributed by atoms with Gasteiger partial charge in [0.25, 0.3) is 0 Å². The van der Waals surface area contributed by atoms with Crippen molar-refractivity contribution in [1.29, 1.82) is 0 Å². The van der Waals surface area contributed by atoms with E-state index in [0.29, 0.717) is 12.0 Å². The monoisotopic (exact) mass is 293 g/mol. The van der Waals surface area contributed by atoms with E-state index in [-0.39, 0.29) is 6.10 Å². The van der Waals surface area contributed by atoms with Crippen molar-refractivity contribution in [1.82, 2.24) is 0 Å². The molecule has 0 saturated carbocycles. The molecule has 22 heavy (non-hydrogen) atoms. The number of hydrogen-bond acceptors (Lipinski definition) is 2. The molecule has 3 atom stereocenters. The highest BCUT2D eigenvalue weighted by atomic mass is 16.5. The normalized spacial score (nSPS) is 26.7. The van der Waals surface area contributed by atoms with E-state index in [4.69, 9.17) is 4.74 Å². The predicted octanol–water partition coefficient (Wildman–Crippen LogP) is 4.94. The largest absolute Gasteiger partial charge is 0.377 e. The van der Waals surface area contributed by atoms with Crippen LogP contribution in [0.2, 0.25) is 0 Å². The van der Waals surface area contributed by atoms with Gasteiger partial charge in [-0.1, -0.05) is 48.0 Å². The number of hydrogen-bond donors (Lipinski definition) is 1. The van der Waals surface area contributed by atoms with Crippen molar-refractivity contribution in [3.63, 3.8) is 0 Å². The standard InChI is InChI=1S/C20H23NO/c1-13-11-14(2)18-17(12-13)20-16(9-6-10-22-20)19(21-18)15-7-4-3-5-8-15/h3-5,7-8,11-12,16,19-21H,6,9-10H2,1-2H3/t16-,19-,20-/m0/s1. The number of fused-ring (bicyclic) bond motifs is 3. The summed E-state index contributed by atoms with van der Waals surface area (Å²) in [5.41, 5.74) is 6.65. The SMILES string of the molecule is Cc1cc(C)c2c(c1)[C@H]1OCCC[C@H]1[C@H](c1ccccc1)N2. The second kappa shape index (κ2) is 5.44. The molecule has 1 N–H and O–H groups in total. The van der Waals surface area contributed by atoms with Gasteiger partial charge >= 0.3 is 0 Å². The maximum absolute atomic E-state index is 6.23. The van der Waals surface area contributed by atoms with E-state index in [0.717, 1.165) is 13.0 Å². The summed E-state index contributed by atoms with van der Waals surface area (Å²) in [5, 5.41) is 3.83. The van der Waals surface area contributed by atoms with Crippen LogP contribution in [0.1, 0.15) is 47.2 Å². The van der Waals surface area contributed by atoms with Crippen molar-refractivity contribution in [2.45, 2.75) is 38.8 Å². The lowest BCUT2D eigenvalue weighted by Gasteiger charge is -2.44. The fourth-order valence-electron chi connectivity index (χ4n) is 4.14. The molecule has 0 radical (unpaired) electrons. The van der Waals surface area contributed by atoms with Crippen LogP contribution in [0.5, 0.6) is 0 Å². The van der Waals surface area contributed by atoms with Crippen LogP contribution < -0.4 is 5.32 Å². The average molecular weight is 293 g/mol. The molecular weight excluding hydrogens is 270 g/mol. The Labute approximate surface area is 132 Å². The quantitative estimate of drug-likeness (QED) is 0.804. The number of nitrogens with one attached hydrogen (secondary N) is 1. The van der Waals surface area contributed by atoms with E-state index < -0.39 is 0 Å². The van der Waals surface area contributed by atoms with Crippen LogP contribution >= 0.6 is 0 Å². The van der Waals surface area contributed by atoms with Crippen LogP contribution in [-0.4, -0.2) is 6.61 Å². The first-order valence-electron chi connectivity index (χ1n) is 8.28. The summed E-state index contributed by atoms with van der Waals surface area (Å²) in [6, 6.07) is 15.7. The lowest BCUT2D eigenvalue weighted by molar-refractivity contribution is -0.0382. The van der Waals surface area contributed by atoms with Crippen molar-refractivity contribution in [2.24, 2.45) is 5.92 Å². The fourth-order valence-corrected chi connectivity index (χ4v) is 4.14. The van der Waals surface area contributed by atoms with Gasteiger partial charge in [-0.05, 0) is 37.8 Å². The molecule has 2 aromatic rings. The zero-order valence-electron chi connectivity index (χ0n) is 13.3. The molecule has 0 amide bonds. The summed E-state index contributed by atoms with van der Waals surface area (Å²) in [5.74, 6) is 0.518. The predicted molar refractivity (Wildman–Crippen MR) is 90.1 cm³/mol. The number of ether oxygens (including phenoxy) is 1. The highest BCUT2D eigenvalue weighted by Crippen LogP contribution is 2.50. The Balaban J connectivity index is 1.83. The number of aryl methyl sites for hydroxylation is 2. The zero-order valence-corrected chi connectivity index (χ0v) is 13.3. The summed E-state index contributed by atoms with van der Waals surface area (Å²) >= 11 is 0. The molecular formula is C20H23NO. The summed E-state index contributed by atoms with van der Waals surface area (Å²) in [4.78, 5) is 0. The zero-order chi connectivity index (χ0) is 15.1. The lowest BCUT2D eigenvalue weighted by atomic mass is 9.76. The van der Waals surface area contributed by atoms with Crippen molar-refractivity contribution < 1.29 is 4.74 Å². The Bertz CT molecular complexity index is 680. The van der Waals surface area contributed by atoms with Crippen LogP contribution in [0.25, 0.3) is 0 Å². The van der Waals surface area contributed by atoms with E-state index in [1.54, 1.807) is 0 Å². The Morgan fingerprint density at radius 1 is 1.09 bits per heavy atom. The second-order valence-corrected chi connectivity index (χ2v) is 6.68. The minimum Gasteiger partial charge on any atom is -0.377 e. The van der Waals surface area contributed by atoms with Crippen molar-refractivity contribution >= 4 is 5.69 Å². The van der Waals surface area contributed by atoms with Gasteiger partial charge in [-0.3, -0.25) is 0 Å². The molecule has 114 valence electrons. The summed E-state index contributed by atoms with van der Waals surface area (Å²) in [7, 11) is 0. The smallest absolute Gasteiger partial charge is 0.0896 e. The molecule has 1 saturated heterocycles. The highest BCUT2D eigenvalue weighted by molar-refractivity contribution is 5.63. The molecule has 1 fully saturated rings. The molecule has 2 nitrogen and oxygen atoms in total. The van der Waals surface area contributed by atoms with Gasteiger partial charge in [0.05, 0.1) is 12.1 Å². The van der Waals surface area contributed by atoms with E-state index >= 15 is 0 Å². The summed E-state index contributed by atoms with van der Waals surface area (Å²) in [6.45, 7) is 5.26. The Kier molecular flexibility index (Phi) is 3.42. The van der Waals surface area contributed by atoms with E-state index in [1.165, 1.54) is 34.4 Å². The summed E-state index contributed by atoms with van der Waals surface area (Å²) < 4.78 is 6.23. The Hall–Kier alpha value is -1.80. The van der Waals surface area contributed by atoms with Crippen molar-refractivity contribution in [2.75, 3.05) is 11.9 Å². The second-order valence-electron chi connectivity index (χ2n) is 6.68. The molecule has 2 aliphatic rings. The molecule has 0 unspecified atom stereocenters. The van der Waals surface area contributed by atoms with Crippen LogP contribution in [0.3, 0.4) is 0 Å². The van der Waals surface area contributed by atoms with Gasteiger partial charge in [-0.15, -0.1) is 0 Å². The van der Waals surface area contributed by atoms with Crippen molar-refractivity contribution in [3.8, 4) is 0 Å². The van der Waals surface area contributed by atoms with Crippen molar-refractivity contribution in [3.05, 3.63) is 64.7 Å². The number of rotatable bonds is 1. The maximum Gasteiger partial charge on any atom is 0.0896 e. The molecule has 2 heterocycles. The van der Waals surface area contributed by atoms with Gasteiger partial charge in [-0.25, -0.2) is 0 Å². The van der Waals surface area contributed by atoms with E-state index in [1.807, 2.05) is 0 Å². The van der Waals surface area contributed by atoms with Gasteiger partial charge in [0.15, 0.2) is 0 Å². The maximum atomic E-state index is 6.23. The minimum absolute atomic E-state index is 0.230. The molecule has 2 aromatic carbocycles. The molecule has 2 aliphatic heterocycles. The average Bonchev–Trinajstić information content (AvgIpc) is 2.55. The number of benzene rings is 2. The van der Waals surface area contributed by atoms with Crippen LogP contribution in [0, 0.1) is 19.8 Å². The summed E-state index contributed by atoms with van der Waals surface area (Å²) in [6.07, 6.45) is 2.62. The first kappa shape index (κ1) is 13.8. The van der Waals surface area contributed by atoms with Crippen LogP contribution in [-0.2, 0) is 4.74 Å². The molecule has 4 rings (SSSR count). The molecule has 0 bridgehead atoms. The van der Waals surface area contributed by atoms with Gasteiger partial charge in [0.1, 0.15) is 0 Å². The van der Waals surface area contributed by atoms with Gasteiger partial charge in [0.2, 0.25) is 0 Å². The Morgan fingerprint density at radius 2 is 1.91 bits per heavy atom. The van der Waals surface area contributed by atoms with Gasteiger partial charge in [0, 0.05) is 23.8 Å². The third-order valence-electron chi connectivity index (χ3n) is 5.07. The fraction of sp³-hybridized carbons (Fsp3) is 0.400.